The minimum Gasteiger partial charge on any atom is -0.478 e. The van der Waals surface area contributed by atoms with Gasteiger partial charge in [-0.15, -0.1) is 0 Å². The van der Waals surface area contributed by atoms with Gasteiger partial charge in [-0.2, -0.15) is 0 Å². The summed E-state index contributed by atoms with van der Waals surface area (Å²) in [5, 5.41) is 12.7. The number of fused-ring (bicyclic) bond motifs is 1. The van der Waals surface area contributed by atoms with E-state index < -0.39 is 11.8 Å². The Balaban J connectivity index is 2.01. The maximum atomic E-state index is 13.4. The Morgan fingerprint density at radius 1 is 1.30 bits per heavy atom. The smallest absolute Gasteiger partial charge is 0.335 e. The van der Waals surface area contributed by atoms with Crippen LogP contribution in [0.15, 0.2) is 36.4 Å². The van der Waals surface area contributed by atoms with Crippen LogP contribution in [-0.2, 0) is 5.41 Å². The number of anilines is 1. The van der Waals surface area contributed by atoms with Crippen LogP contribution in [0.2, 0.25) is 5.02 Å². The van der Waals surface area contributed by atoms with E-state index in [1.165, 1.54) is 6.07 Å². The number of carboxylic acid groups (broad SMARTS) is 1. The fourth-order valence-corrected chi connectivity index (χ4v) is 3.34. The molecule has 0 bridgehead atoms. The van der Waals surface area contributed by atoms with E-state index in [1.54, 1.807) is 30.3 Å². The molecule has 0 saturated carbocycles. The van der Waals surface area contributed by atoms with Gasteiger partial charge in [-0.05, 0) is 53.3 Å². The van der Waals surface area contributed by atoms with E-state index in [0.29, 0.717) is 0 Å². The summed E-state index contributed by atoms with van der Waals surface area (Å²) in [6, 6.07) is 9.83. The average Bonchev–Trinajstić information content (AvgIpc) is 2.49. The predicted molar refractivity (Wildman–Crippen MR) is 88.8 cm³/mol. The molecule has 0 amide bonds. The molecule has 0 radical (unpaired) electrons. The van der Waals surface area contributed by atoms with Crippen LogP contribution in [0, 0.1) is 5.82 Å². The lowest BCUT2D eigenvalue weighted by Gasteiger charge is -2.39. The number of rotatable bonds is 2. The van der Waals surface area contributed by atoms with Gasteiger partial charge in [0.2, 0.25) is 0 Å². The van der Waals surface area contributed by atoms with Crippen LogP contribution in [0.25, 0.3) is 0 Å². The van der Waals surface area contributed by atoms with Crippen molar-refractivity contribution in [3.8, 4) is 0 Å². The van der Waals surface area contributed by atoms with Crippen LogP contribution >= 0.6 is 11.6 Å². The highest BCUT2D eigenvalue weighted by Crippen LogP contribution is 2.44. The highest BCUT2D eigenvalue weighted by molar-refractivity contribution is 6.30. The quantitative estimate of drug-likeness (QED) is 0.812. The molecule has 2 aromatic carbocycles. The minimum atomic E-state index is -0.934. The Morgan fingerprint density at radius 2 is 2.04 bits per heavy atom. The fourth-order valence-electron chi connectivity index (χ4n) is 3.15. The summed E-state index contributed by atoms with van der Waals surface area (Å²) in [5.41, 5.74) is 2.86. The molecule has 0 aliphatic carbocycles. The summed E-state index contributed by atoms with van der Waals surface area (Å²) in [5.74, 6) is -1.37. The van der Waals surface area contributed by atoms with Crippen LogP contribution in [0.1, 0.15) is 47.8 Å². The van der Waals surface area contributed by atoms with Crippen molar-refractivity contribution < 1.29 is 14.3 Å². The van der Waals surface area contributed by atoms with Crippen molar-refractivity contribution in [1.82, 2.24) is 0 Å². The van der Waals surface area contributed by atoms with Gasteiger partial charge in [0, 0.05) is 5.69 Å². The molecule has 1 aliphatic rings. The highest BCUT2D eigenvalue weighted by Gasteiger charge is 2.34. The topological polar surface area (TPSA) is 49.3 Å². The zero-order valence-electron chi connectivity index (χ0n) is 12.9. The van der Waals surface area contributed by atoms with Gasteiger partial charge in [0.1, 0.15) is 5.82 Å². The Hall–Kier alpha value is -2.07. The van der Waals surface area contributed by atoms with Gasteiger partial charge in [0.15, 0.2) is 0 Å². The molecule has 1 heterocycles. The predicted octanol–water partition coefficient (Wildman–Crippen LogP) is 5.01. The van der Waals surface area contributed by atoms with Crippen molar-refractivity contribution in [1.29, 1.82) is 0 Å². The van der Waals surface area contributed by atoms with Gasteiger partial charge in [0.25, 0.3) is 0 Å². The van der Waals surface area contributed by atoms with Crippen LogP contribution in [0.4, 0.5) is 10.1 Å². The van der Waals surface area contributed by atoms with E-state index >= 15 is 0 Å². The third-order valence-corrected chi connectivity index (χ3v) is 4.68. The number of carbonyl (C=O) groups is 1. The summed E-state index contributed by atoms with van der Waals surface area (Å²) in [6.45, 7) is 4.16. The summed E-state index contributed by atoms with van der Waals surface area (Å²) in [4.78, 5) is 11.2. The first-order valence-electron chi connectivity index (χ1n) is 7.37. The molecule has 3 nitrogen and oxygen atoms in total. The highest BCUT2D eigenvalue weighted by atomic mass is 35.5. The first-order chi connectivity index (χ1) is 10.8. The van der Waals surface area contributed by atoms with Crippen molar-refractivity contribution >= 4 is 23.3 Å². The van der Waals surface area contributed by atoms with Crippen molar-refractivity contribution in [2.24, 2.45) is 0 Å². The maximum absolute atomic E-state index is 13.4. The van der Waals surface area contributed by atoms with Gasteiger partial charge in [-0.25, -0.2) is 9.18 Å². The molecule has 3 rings (SSSR count). The fraction of sp³-hybridized carbons (Fsp3) is 0.278. The Labute approximate surface area is 139 Å². The lowest BCUT2D eigenvalue weighted by Crippen LogP contribution is -2.31. The minimum absolute atomic E-state index is 0.00808. The van der Waals surface area contributed by atoms with Crippen molar-refractivity contribution in [3.63, 3.8) is 0 Å². The first kappa shape index (κ1) is 15.8. The second-order valence-corrected chi connectivity index (χ2v) is 6.93. The van der Waals surface area contributed by atoms with Gasteiger partial charge in [-0.1, -0.05) is 31.5 Å². The summed E-state index contributed by atoms with van der Waals surface area (Å²) in [7, 11) is 0. The molecule has 1 unspecified atom stereocenters. The van der Waals surface area contributed by atoms with Crippen LogP contribution in [-0.4, -0.2) is 11.1 Å². The molecule has 120 valence electrons. The molecule has 0 spiro atoms. The largest absolute Gasteiger partial charge is 0.478 e. The van der Waals surface area contributed by atoms with Gasteiger partial charge < -0.3 is 10.4 Å². The number of halogens is 2. The monoisotopic (exact) mass is 333 g/mol. The molecule has 1 aliphatic heterocycles. The van der Waals surface area contributed by atoms with Crippen LogP contribution < -0.4 is 5.32 Å². The summed E-state index contributed by atoms with van der Waals surface area (Å²) < 4.78 is 13.4. The number of benzene rings is 2. The van der Waals surface area contributed by atoms with E-state index in [1.807, 2.05) is 0 Å². The first-order valence-corrected chi connectivity index (χ1v) is 7.75. The Kier molecular flexibility index (Phi) is 3.80. The number of nitrogens with one attached hydrogen (secondary N) is 1. The van der Waals surface area contributed by atoms with Crippen molar-refractivity contribution in [2.45, 2.75) is 31.7 Å². The normalized spacial score (nSPS) is 18.9. The van der Waals surface area contributed by atoms with Gasteiger partial charge in [-0.3, -0.25) is 0 Å². The van der Waals surface area contributed by atoms with E-state index in [-0.39, 0.29) is 22.0 Å². The second kappa shape index (κ2) is 5.53. The van der Waals surface area contributed by atoms with Gasteiger partial charge >= 0.3 is 5.97 Å². The second-order valence-electron chi connectivity index (χ2n) is 6.52. The zero-order valence-corrected chi connectivity index (χ0v) is 13.6. The summed E-state index contributed by atoms with van der Waals surface area (Å²) >= 11 is 5.89. The molecular formula is C18H17ClFNO2. The molecule has 0 aromatic heterocycles. The SMILES string of the molecule is CC1(C)CC(c2ccc(F)c(Cl)c2)Nc2ccc(C(=O)O)cc21. The van der Waals surface area contributed by atoms with E-state index in [0.717, 1.165) is 23.2 Å². The molecule has 5 heteroatoms. The third-order valence-electron chi connectivity index (χ3n) is 4.39. The number of aromatic carboxylic acids is 1. The Morgan fingerprint density at radius 3 is 2.70 bits per heavy atom. The van der Waals surface area contributed by atoms with Crippen molar-refractivity contribution in [2.75, 3.05) is 5.32 Å². The molecular weight excluding hydrogens is 317 g/mol. The number of carboxylic acids is 1. The van der Waals surface area contributed by atoms with E-state index in [9.17, 15) is 14.3 Å². The molecule has 2 aromatic rings. The zero-order chi connectivity index (χ0) is 16.8. The van der Waals surface area contributed by atoms with E-state index in [2.05, 4.69) is 19.2 Å². The van der Waals surface area contributed by atoms with Crippen LogP contribution in [0.3, 0.4) is 0 Å². The lowest BCUT2D eigenvalue weighted by molar-refractivity contribution is 0.0696. The lowest BCUT2D eigenvalue weighted by atomic mass is 9.73. The average molecular weight is 334 g/mol. The van der Waals surface area contributed by atoms with E-state index in [4.69, 9.17) is 11.6 Å². The Bertz CT molecular complexity index is 789. The molecule has 23 heavy (non-hydrogen) atoms. The molecule has 2 N–H and O–H groups in total. The van der Waals surface area contributed by atoms with Crippen LogP contribution in [0.5, 0.6) is 0 Å². The standard InChI is InChI=1S/C18H17ClFNO2/c1-18(2)9-16(10-3-5-14(20)13(19)8-10)21-15-6-4-11(17(22)23)7-12(15)18/h3-8,16,21H,9H2,1-2H3,(H,22,23). The molecule has 1 atom stereocenters. The third kappa shape index (κ3) is 2.91. The molecule has 0 saturated heterocycles. The van der Waals surface area contributed by atoms with Gasteiger partial charge in [0.05, 0.1) is 16.6 Å². The number of hydrogen-bond acceptors (Lipinski definition) is 2. The molecule has 0 fully saturated rings. The summed E-state index contributed by atoms with van der Waals surface area (Å²) in [6.07, 6.45) is 0.755. The van der Waals surface area contributed by atoms with Crippen molar-refractivity contribution in [3.05, 3.63) is 63.9 Å². The maximum Gasteiger partial charge on any atom is 0.335 e. The number of hydrogen-bond donors (Lipinski definition) is 2.